The van der Waals surface area contributed by atoms with Gasteiger partial charge in [-0.05, 0) is 37.8 Å². The van der Waals surface area contributed by atoms with Crippen molar-refractivity contribution in [3.05, 3.63) is 40.8 Å². The number of aryl methyl sites for hydroxylation is 2. The Hall–Kier alpha value is -0.780. The molecule has 0 unspecified atom stereocenters. The van der Waals surface area contributed by atoms with Gasteiger partial charge in [-0.15, -0.1) is 0 Å². The summed E-state index contributed by atoms with van der Waals surface area (Å²) in [5, 5.41) is 0. The van der Waals surface area contributed by atoms with Gasteiger partial charge in [0.15, 0.2) is 0 Å². The summed E-state index contributed by atoms with van der Waals surface area (Å²) in [4.78, 5) is 0. The highest BCUT2D eigenvalue weighted by atomic mass is 14.2. The molecule has 0 aromatic heterocycles. The quantitative estimate of drug-likeness (QED) is 0.618. The highest BCUT2D eigenvalue weighted by molar-refractivity contribution is 5.40. The van der Waals surface area contributed by atoms with Crippen molar-refractivity contribution in [2.75, 3.05) is 0 Å². The maximum Gasteiger partial charge on any atom is 0.00526 e. The maximum atomic E-state index is 2.36. The van der Waals surface area contributed by atoms with E-state index in [0.29, 0.717) is 0 Å². The van der Waals surface area contributed by atoms with E-state index in [1.807, 2.05) is 0 Å². The van der Waals surface area contributed by atoms with E-state index in [0.717, 1.165) is 0 Å². The molecular formula is C14H19. The highest BCUT2D eigenvalue weighted by Gasteiger charge is 2.17. The third kappa shape index (κ3) is 2.00. The van der Waals surface area contributed by atoms with E-state index in [1.165, 1.54) is 48.8 Å². The average Bonchev–Trinajstić information content (AvgIpc) is 2.23. The Balaban J connectivity index is 2.24. The lowest BCUT2D eigenvalue weighted by Gasteiger charge is -2.23. The molecule has 2 rings (SSSR count). The van der Waals surface area contributed by atoms with Crippen LogP contribution in [-0.2, 0) is 0 Å². The summed E-state index contributed by atoms with van der Waals surface area (Å²) in [6, 6.07) is 6.82. The standard InChI is InChI=1S/C14H19/c1-11-8-9-12(2)14(10-11)13-6-4-3-5-7-13/h8-10H,3-7H2,1-2H3. The van der Waals surface area contributed by atoms with Crippen LogP contribution in [0.15, 0.2) is 18.2 Å². The third-order valence-corrected chi connectivity index (χ3v) is 3.23. The first-order chi connectivity index (χ1) is 6.77. The van der Waals surface area contributed by atoms with Crippen molar-refractivity contribution >= 4 is 0 Å². The van der Waals surface area contributed by atoms with Crippen LogP contribution in [0.1, 0.15) is 48.8 Å². The molecule has 0 spiro atoms. The first kappa shape index (κ1) is 9.76. The van der Waals surface area contributed by atoms with Crippen molar-refractivity contribution in [3.8, 4) is 0 Å². The lowest BCUT2D eigenvalue weighted by atomic mass is 9.82. The van der Waals surface area contributed by atoms with Crippen molar-refractivity contribution < 1.29 is 0 Å². The minimum absolute atomic E-state index is 1.32. The zero-order chi connectivity index (χ0) is 9.97. The Bertz CT molecular complexity index is 306. The van der Waals surface area contributed by atoms with Crippen LogP contribution in [0.2, 0.25) is 0 Å². The van der Waals surface area contributed by atoms with E-state index < -0.39 is 0 Å². The number of rotatable bonds is 1. The van der Waals surface area contributed by atoms with Crippen molar-refractivity contribution in [1.29, 1.82) is 0 Å². The van der Waals surface area contributed by atoms with Crippen molar-refractivity contribution in [1.82, 2.24) is 0 Å². The van der Waals surface area contributed by atoms with Crippen LogP contribution < -0.4 is 0 Å². The SMILES string of the molecule is Cc1ccc(C)c([C]2CCCCC2)c1. The molecule has 14 heavy (non-hydrogen) atoms. The Kier molecular flexibility index (Phi) is 2.90. The van der Waals surface area contributed by atoms with Gasteiger partial charge in [0.2, 0.25) is 0 Å². The molecule has 75 valence electrons. The van der Waals surface area contributed by atoms with E-state index in [1.54, 1.807) is 5.92 Å². The summed E-state index contributed by atoms with van der Waals surface area (Å²) < 4.78 is 0. The molecule has 1 aromatic rings. The number of hydrogen-bond acceptors (Lipinski definition) is 0. The molecule has 1 saturated carbocycles. The zero-order valence-electron chi connectivity index (χ0n) is 9.27. The van der Waals surface area contributed by atoms with Gasteiger partial charge in [-0.3, -0.25) is 0 Å². The van der Waals surface area contributed by atoms with Crippen LogP contribution in [0.25, 0.3) is 0 Å². The summed E-state index contributed by atoms with van der Waals surface area (Å²) in [7, 11) is 0. The second-order valence-electron chi connectivity index (χ2n) is 4.48. The van der Waals surface area contributed by atoms with Gasteiger partial charge in [0, 0.05) is 5.92 Å². The van der Waals surface area contributed by atoms with Crippen molar-refractivity contribution in [2.45, 2.75) is 46.0 Å². The van der Waals surface area contributed by atoms with Gasteiger partial charge in [-0.25, -0.2) is 0 Å². The zero-order valence-corrected chi connectivity index (χ0v) is 9.27. The lowest BCUT2D eigenvalue weighted by molar-refractivity contribution is 0.550. The summed E-state index contributed by atoms with van der Waals surface area (Å²) in [6.07, 6.45) is 6.86. The molecule has 0 bridgehead atoms. The fourth-order valence-electron chi connectivity index (χ4n) is 2.36. The molecule has 0 N–H and O–H groups in total. The molecule has 0 aliphatic heterocycles. The van der Waals surface area contributed by atoms with Crippen LogP contribution in [0.5, 0.6) is 0 Å². The monoisotopic (exact) mass is 187 g/mol. The fraction of sp³-hybridized carbons (Fsp3) is 0.500. The second kappa shape index (κ2) is 4.16. The molecule has 1 radical (unpaired) electrons. The van der Waals surface area contributed by atoms with E-state index in [9.17, 15) is 0 Å². The summed E-state index contributed by atoms with van der Waals surface area (Å²) in [6.45, 7) is 4.42. The lowest BCUT2D eigenvalue weighted by Crippen LogP contribution is -2.07. The average molecular weight is 187 g/mol. The molecule has 0 amide bonds. The van der Waals surface area contributed by atoms with E-state index >= 15 is 0 Å². The first-order valence-electron chi connectivity index (χ1n) is 5.70. The smallest absolute Gasteiger partial charge is 0.00526 e. The molecule has 1 aliphatic carbocycles. The predicted octanol–water partition coefficient (Wildman–Crippen LogP) is 4.19. The molecule has 0 atom stereocenters. The third-order valence-electron chi connectivity index (χ3n) is 3.23. The Labute approximate surface area is 87.3 Å². The Morgan fingerprint density at radius 3 is 2.36 bits per heavy atom. The van der Waals surface area contributed by atoms with Crippen LogP contribution in [0, 0.1) is 19.8 Å². The molecule has 0 heterocycles. The van der Waals surface area contributed by atoms with Gasteiger partial charge >= 0.3 is 0 Å². The molecule has 0 nitrogen and oxygen atoms in total. The topological polar surface area (TPSA) is 0 Å². The van der Waals surface area contributed by atoms with Crippen LogP contribution >= 0.6 is 0 Å². The maximum absolute atomic E-state index is 2.36. The fourth-order valence-corrected chi connectivity index (χ4v) is 2.36. The van der Waals surface area contributed by atoms with Gasteiger partial charge in [0.1, 0.15) is 0 Å². The van der Waals surface area contributed by atoms with Crippen LogP contribution in [0.4, 0.5) is 0 Å². The molecule has 1 aliphatic rings. The second-order valence-corrected chi connectivity index (χ2v) is 4.48. The Morgan fingerprint density at radius 1 is 0.929 bits per heavy atom. The largest absolute Gasteiger partial charge is 0.0590 e. The van der Waals surface area contributed by atoms with Gasteiger partial charge in [0.25, 0.3) is 0 Å². The van der Waals surface area contributed by atoms with E-state index in [4.69, 9.17) is 0 Å². The molecule has 1 fully saturated rings. The first-order valence-corrected chi connectivity index (χ1v) is 5.70. The number of benzene rings is 1. The van der Waals surface area contributed by atoms with E-state index in [2.05, 4.69) is 32.0 Å². The van der Waals surface area contributed by atoms with Crippen molar-refractivity contribution in [2.24, 2.45) is 0 Å². The minimum atomic E-state index is 1.32. The summed E-state index contributed by atoms with van der Waals surface area (Å²) >= 11 is 0. The van der Waals surface area contributed by atoms with Gasteiger partial charge < -0.3 is 0 Å². The predicted molar refractivity (Wildman–Crippen MR) is 61.3 cm³/mol. The van der Waals surface area contributed by atoms with Crippen LogP contribution in [0.3, 0.4) is 0 Å². The van der Waals surface area contributed by atoms with Gasteiger partial charge in [-0.1, -0.05) is 43.0 Å². The van der Waals surface area contributed by atoms with E-state index in [-0.39, 0.29) is 0 Å². The normalized spacial score (nSPS) is 18.4. The molecule has 0 heteroatoms. The highest BCUT2D eigenvalue weighted by Crippen LogP contribution is 2.33. The summed E-state index contributed by atoms with van der Waals surface area (Å²) in [5.74, 6) is 1.69. The van der Waals surface area contributed by atoms with Crippen molar-refractivity contribution in [3.63, 3.8) is 0 Å². The molecular weight excluding hydrogens is 168 g/mol. The summed E-state index contributed by atoms with van der Waals surface area (Å²) in [5.41, 5.74) is 4.38. The van der Waals surface area contributed by atoms with Gasteiger partial charge in [-0.2, -0.15) is 0 Å². The Morgan fingerprint density at radius 2 is 1.64 bits per heavy atom. The minimum Gasteiger partial charge on any atom is -0.0590 e. The molecule has 0 saturated heterocycles. The van der Waals surface area contributed by atoms with Gasteiger partial charge in [0.05, 0.1) is 0 Å². The van der Waals surface area contributed by atoms with Crippen LogP contribution in [-0.4, -0.2) is 0 Å². The number of hydrogen-bond donors (Lipinski definition) is 0. The molecule has 1 aromatic carbocycles.